The van der Waals surface area contributed by atoms with Crippen molar-refractivity contribution in [3.63, 3.8) is 0 Å². The van der Waals surface area contributed by atoms with Crippen LogP contribution >= 0.6 is 0 Å². The van der Waals surface area contributed by atoms with Gasteiger partial charge in [-0.2, -0.15) is 0 Å². The minimum Gasteiger partial charge on any atom is -0.474 e. The van der Waals surface area contributed by atoms with Gasteiger partial charge >= 0.3 is 6.03 Å². The van der Waals surface area contributed by atoms with Crippen molar-refractivity contribution < 1.29 is 17.9 Å². The second-order valence-corrected chi connectivity index (χ2v) is 8.60. The number of aromatic nitrogens is 1. The van der Waals surface area contributed by atoms with Crippen LogP contribution in [0, 0.1) is 5.92 Å². The van der Waals surface area contributed by atoms with Crippen molar-refractivity contribution in [2.75, 3.05) is 32.9 Å². The van der Waals surface area contributed by atoms with Crippen molar-refractivity contribution in [1.29, 1.82) is 0 Å². The van der Waals surface area contributed by atoms with Gasteiger partial charge < -0.3 is 14.5 Å². The Kier molecular flexibility index (Phi) is 4.18. The molecule has 0 aromatic carbocycles. The SMILES string of the molecule is CN(C)C(=O)N1C[C@@H]2[C@H](Oc3ccccn3)CCS(=O)(=O)[C@H]2C1. The molecule has 2 aliphatic heterocycles. The lowest BCUT2D eigenvalue weighted by Gasteiger charge is -2.32. The number of fused-ring (bicyclic) bond motifs is 1. The molecule has 1 aromatic heterocycles. The third-order valence-corrected chi connectivity index (χ3v) is 6.72. The topological polar surface area (TPSA) is 79.8 Å². The normalized spacial score (nSPS) is 29.0. The lowest BCUT2D eigenvalue weighted by Crippen LogP contribution is -2.46. The zero-order chi connectivity index (χ0) is 16.6. The Morgan fingerprint density at radius 2 is 2.13 bits per heavy atom. The van der Waals surface area contributed by atoms with E-state index in [0.717, 1.165) is 0 Å². The van der Waals surface area contributed by atoms with E-state index in [4.69, 9.17) is 4.74 Å². The number of ether oxygens (including phenoxy) is 1. The molecule has 7 nitrogen and oxygen atoms in total. The van der Waals surface area contributed by atoms with Crippen molar-refractivity contribution >= 4 is 15.9 Å². The van der Waals surface area contributed by atoms with E-state index in [0.29, 0.717) is 18.8 Å². The summed E-state index contributed by atoms with van der Waals surface area (Å²) >= 11 is 0. The molecule has 0 bridgehead atoms. The molecule has 1 aromatic rings. The highest BCUT2D eigenvalue weighted by molar-refractivity contribution is 7.92. The van der Waals surface area contributed by atoms with Crippen LogP contribution in [0.15, 0.2) is 24.4 Å². The number of likely N-dealkylation sites (tertiary alicyclic amines) is 1. The van der Waals surface area contributed by atoms with Gasteiger partial charge in [0.15, 0.2) is 9.84 Å². The minimum atomic E-state index is -3.19. The number of carbonyl (C=O) groups is 1. The van der Waals surface area contributed by atoms with E-state index in [1.165, 1.54) is 4.90 Å². The zero-order valence-electron chi connectivity index (χ0n) is 13.3. The molecule has 3 atom stereocenters. The first kappa shape index (κ1) is 16.0. The van der Waals surface area contributed by atoms with Crippen molar-refractivity contribution in [3.05, 3.63) is 24.4 Å². The van der Waals surface area contributed by atoms with Gasteiger partial charge in [-0.3, -0.25) is 0 Å². The summed E-state index contributed by atoms with van der Waals surface area (Å²) in [5.74, 6) is 0.378. The summed E-state index contributed by atoms with van der Waals surface area (Å²) in [5.41, 5.74) is 0. The number of amides is 2. The summed E-state index contributed by atoms with van der Waals surface area (Å²) in [6.07, 6.45) is 1.84. The number of nitrogens with zero attached hydrogens (tertiary/aromatic N) is 3. The summed E-state index contributed by atoms with van der Waals surface area (Å²) in [7, 11) is 0.144. The fraction of sp³-hybridized carbons (Fsp3) is 0.600. The molecule has 2 aliphatic rings. The van der Waals surface area contributed by atoms with Crippen LogP contribution in [0.3, 0.4) is 0 Å². The molecule has 3 rings (SSSR count). The predicted molar refractivity (Wildman–Crippen MR) is 85.0 cm³/mol. The van der Waals surface area contributed by atoms with Gasteiger partial charge in [0, 0.05) is 45.4 Å². The van der Waals surface area contributed by atoms with Crippen LogP contribution in [-0.2, 0) is 9.84 Å². The Morgan fingerprint density at radius 3 is 2.78 bits per heavy atom. The second kappa shape index (κ2) is 5.99. The Balaban J connectivity index is 1.81. The molecule has 0 saturated carbocycles. The Labute approximate surface area is 136 Å². The summed E-state index contributed by atoms with van der Waals surface area (Å²) in [5, 5.41) is -0.547. The van der Waals surface area contributed by atoms with Crippen molar-refractivity contribution in [3.8, 4) is 5.88 Å². The summed E-state index contributed by atoms with van der Waals surface area (Å²) in [6, 6.07) is 5.23. The molecule has 0 N–H and O–H groups in total. The molecule has 2 fully saturated rings. The van der Waals surface area contributed by atoms with Gasteiger partial charge in [-0.05, 0) is 12.5 Å². The van der Waals surface area contributed by atoms with Crippen molar-refractivity contribution in [1.82, 2.24) is 14.8 Å². The number of sulfone groups is 1. The van der Waals surface area contributed by atoms with E-state index in [2.05, 4.69) is 4.98 Å². The van der Waals surface area contributed by atoms with Gasteiger partial charge in [-0.25, -0.2) is 18.2 Å². The van der Waals surface area contributed by atoms with Gasteiger partial charge in [0.05, 0.1) is 11.0 Å². The molecule has 0 spiro atoms. The first-order chi connectivity index (χ1) is 10.9. The molecule has 2 saturated heterocycles. The van der Waals surface area contributed by atoms with Crippen molar-refractivity contribution in [2.45, 2.75) is 17.8 Å². The molecular weight excluding hydrogens is 318 g/mol. The average molecular weight is 339 g/mol. The van der Waals surface area contributed by atoms with Gasteiger partial charge in [0.2, 0.25) is 5.88 Å². The van der Waals surface area contributed by atoms with Crippen molar-refractivity contribution in [2.24, 2.45) is 5.92 Å². The van der Waals surface area contributed by atoms with E-state index in [1.807, 2.05) is 6.07 Å². The Hall–Kier alpha value is -1.83. The smallest absolute Gasteiger partial charge is 0.319 e. The average Bonchev–Trinajstić information content (AvgIpc) is 2.97. The second-order valence-electron chi connectivity index (χ2n) is 6.26. The minimum absolute atomic E-state index is 0.0929. The number of pyridine rings is 1. The van der Waals surface area contributed by atoms with E-state index in [9.17, 15) is 13.2 Å². The van der Waals surface area contributed by atoms with Gasteiger partial charge in [-0.1, -0.05) is 6.07 Å². The monoisotopic (exact) mass is 339 g/mol. The number of hydrogen-bond acceptors (Lipinski definition) is 5. The van der Waals surface area contributed by atoms with Gasteiger partial charge in [-0.15, -0.1) is 0 Å². The summed E-state index contributed by atoms with van der Waals surface area (Å²) < 4.78 is 30.7. The third-order valence-electron chi connectivity index (χ3n) is 4.50. The number of carbonyl (C=O) groups excluding carboxylic acids is 1. The standard InChI is InChI=1S/C15H21N3O4S/c1-17(2)15(19)18-9-11-12(22-14-5-3-4-7-16-14)6-8-23(20,21)13(11)10-18/h3-5,7,11-13H,6,8-10H2,1-2H3/t11-,12-,13+/m1/s1. The Morgan fingerprint density at radius 1 is 1.35 bits per heavy atom. The lowest BCUT2D eigenvalue weighted by molar-refractivity contribution is 0.120. The maximum Gasteiger partial charge on any atom is 0.319 e. The molecule has 0 unspecified atom stereocenters. The molecular formula is C15H21N3O4S. The number of rotatable bonds is 2. The maximum atomic E-state index is 12.4. The third kappa shape index (κ3) is 3.12. The quantitative estimate of drug-likeness (QED) is 0.789. The van der Waals surface area contributed by atoms with Crippen LogP contribution in [0.4, 0.5) is 4.79 Å². The van der Waals surface area contributed by atoms with E-state index < -0.39 is 15.1 Å². The predicted octanol–water partition coefficient (Wildman–Crippen LogP) is 0.629. The highest BCUT2D eigenvalue weighted by Gasteiger charge is 2.50. The van der Waals surface area contributed by atoms with Crippen LogP contribution in [0.5, 0.6) is 5.88 Å². The Bertz CT molecular complexity index is 677. The zero-order valence-corrected chi connectivity index (χ0v) is 14.1. The molecule has 23 heavy (non-hydrogen) atoms. The fourth-order valence-electron chi connectivity index (χ4n) is 3.34. The first-order valence-corrected chi connectivity index (χ1v) is 9.35. The van der Waals surface area contributed by atoms with Crippen LogP contribution in [0.2, 0.25) is 0 Å². The molecule has 0 radical (unpaired) electrons. The van der Waals surface area contributed by atoms with Gasteiger partial charge in [0.25, 0.3) is 0 Å². The van der Waals surface area contributed by atoms with E-state index in [1.54, 1.807) is 37.3 Å². The molecule has 126 valence electrons. The number of hydrogen-bond donors (Lipinski definition) is 0. The van der Waals surface area contributed by atoms with Crippen LogP contribution in [0.1, 0.15) is 6.42 Å². The number of urea groups is 1. The maximum absolute atomic E-state index is 12.4. The summed E-state index contributed by atoms with van der Waals surface area (Å²) in [6.45, 7) is 0.643. The van der Waals surface area contributed by atoms with Gasteiger partial charge in [0.1, 0.15) is 6.10 Å². The van der Waals surface area contributed by atoms with E-state index in [-0.39, 0.29) is 30.4 Å². The molecule has 2 amide bonds. The van der Waals surface area contributed by atoms with Crippen LogP contribution < -0.4 is 4.74 Å². The first-order valence-electron chi connectivity index (χ1n) is 7.64. The largest absolute Gasteiger partial charge is 0.474 e. The molecule has 0 aliphatic carbocycles. The molecule has 8 heteroatoms. The fourth-order valence-corrected chi connectivity index (χ4v) is 5.40. The van der Waals surface area contributed by atoms with Crippen LogP contribution in [-0.4, -0.2) is 73.5 Å². The van der Waals surface area contributed by atoms with E-state index >= 15 is 0 Å². The lowest BCUT2D eigenvalue weighted by atomic mass is 9.98. The van der Waals surface area contributed by atoms with Crippen LogP contribution in [0.25, 0.3) is 0 Å². The highest BCUT2D eigenvalue weighted by atomic mass is 32.2. The highest BCUT2D eigenvalue weighted by Crippen LogP contribution is 2.35. The molecule has 3 heterocycles. The summed E-state index contributed by atoms with van der Waals surface area (Å²) in [4.78, 5) is 19.4.